The van der Waals surface area contributed by atoms with Gasteiger partial charge in [0.1, 0.15) is 6.20 Å². The van der Waals surface area contributed by atoms with Crippen LogP contribution in [0, 0.1) is 17.0 Å². The van der Waals surface area contributed by atoms with Crippen molar-refractivity contribution >= 4 is 28.6 Å². The number of hydrogen-bond donors (Lipinski definition) is 1. The third-order valence-electron chi connectivity index (χ3n) is 2.98. The van der Waals surface area contributed by atoms with Gasteiger partial charge in [-0.1, -0.05) is 0 Å². The van der Waals surface area contributed by atoms with Gasteiger partial charge in [0, 0.05) is 17.6 Å². The fourth-order valence-electron chi connectivity index (χ4n) is 1.87. The molecule has 0 saturated carbocycles. The lowest BCUT2D eigenvalue weighted by molar-refractivity contribution is -0.385. The Morgan fingerprint density at radius 3 is 2.91 bits per heavy atom. The fourth-order valence-corrected chi connectivity index (χ4v) is 2.44. The Morgan fingerprint density at radius 2 is 2.22 bits per heavy atom. The maximum atomic E-state index is 12.3. The van der Waals surface area contributed by atoms with E-state index in [1.807, 2.05) is 5.38 Å². The molecule has 1 N–H and O–H groups in total. The molecule has 3 aromatic rings. The summed E-state index contributed by atoms with van der Waals surface area (Å²) >= 11 is 1.40. The Labute approximate surface area is 133 Å². The van der Waals surface area contributed by atoms with E-state index < -0.39 is 10.8 Å². The number of nitro groups is 1. The molecule has 0 aromatic carbocycles. The van der Waals surface area contributed by atoms with Crippen molar-refractivity contribution < 1.29 is 9.72 Å². The van der Waals surface area contributed by atoms with Crippen LogP contribution in [0.2, 0.25) is 0 Å². The highest BCUT2D eigenvalue weighted by molar-refractivity contribution is 7.12. The smallest absolute Gasteiger partial charge is 0.288 e. The summed E-state index contributed by atoms with van der Waals surface area (Å²) in [5.74, 6) is -0.489. The van der Waals surface area contributed by atoms with Gasteiger partial charge in [-0.3, -0.25) is 19.9 Å². The fraction of sp³-hybridized carbons (Fsp3) is 0.0769. The van der Waals surface area contributed by atoms with Crippen molar-refractivity contribution in [3.8, 4) is 5.13 Å². The van der Waals surface area contributed by atoms with Gasteiger partial charge in [0.2, 0.25) is 5.13 Å². The van der Waals surface area contributed by atoms with Crippen LogP contribution in [0.25, 0.3) is 5.13 Å². The lowest BCUT2D eigenvalue weighted by Gasteiger charge is -2.04. The average Bonchev–Trinajstić information content (AvgIpc) is 3.18. The summed E-state index contributed by atoms with van der Waals surface area (Å²) in [6.07, 6.45) is 5.85. The van der Waals surface area contributed by atoms with Crippen LogP contribution < -0.4 is 5.32 Å². The molecule has 0 radical (unpaired) electrons. The molecule has 10 heteroatoms. The number of thiazole rings is 1. The van der Waals surface area contributed by atoms with E-state index in [1.54, 1.807) is 19.3 Å². The first kappa shape index (κ1) is 14.8. The highest BCUT2D eigenvalue weighted by Crippen LogP contribution is 2.18. The van der Waals surface area contributed by atoms with E-state index in [4.69, 9.17) is 0 Å². The van der Waals surface area contributed by atoms with E-state index in [9.17, 15) is 14.9 Å². The van der Waals surface area contributed by atoms with Crippen molar-refractivity contribution in [2.45, 2.75) is 6.92 Å². The zero-order valence-electron chi connectivity index (χ0n) is 11.8. The molecule has 9 nitrogen and oxygen atoms in total. The summed E-state index contributed by atoms with van der Waals surface area (Å²) in [7, 11) is 0. The SMILES string of the molecule is Cc1ncc([N+](=O)[O-])cc1C(=O)Nc1cnn(-c2nccs2)c1. The Hall–Kier alpha value is -3.14. The monoisotopic (exact) mass is 330 g/mol. The molecule has 3 heterocycles. The number of anilines is 1. The summed E-state index contributed by atoms with van der Waals surface area (Å²) in [6.45, 7) is 1.61. The lowest BCUT2D eigenvalue weighted by Crippen LogP contribution is -2.14. The number of carbonyl (C=O) groups excluding carboxylic acids is 1. The lowest BCUT2D eigenvalue weighted by atomic mass is 10.2. The molecule has 0 bridgehead atoms. The van der Waals surface area contributed by atoms with Gasteiger partial charge < -0.3 is 5.32 Å². The molecule has 0 atom stereocenters. The summed E-state index contributed by atoms with van der Waals surface area (Å²) in [6, 6.07) is 1.20. The number of aromatic nitrogens is 4. The van der Waals surface area contributed by atoms with Gasteiger partial charge in [-0.25, -0.2) is 9.67 Å². The highest BCUT2D eigenvalue weighted by atomic mass is 32.1. The van der Waals surface area contributed by atoms with Crippen molar-refractivity contribution in [3.63, 3.8) is 0 Å². The predicted octanol–water partition coefficient (Wildman–Crippen LogP) is 2.19. The van der Waals surface area contributed by atoms with Gasteiger partial charge in [-0.15, -0.1) is 11.3 Å². The average molecular weight is 330 g/mol. The number of rotatable bonds is 4. The van der Waals surface area contributed by atoms with E-state index in [0.29, 0.717) is 16.5 Å². The predicted molar refractivity (Wildman–Crippen MR) is 82.8 cm³/mol. The molecule has 23 heavy (non-hydrogen) atoms. The van der Waals surface area contributed by atoms with Gasteiger partial charge in [-0.2, -0.15) is 5.10 Å². The maximum Gasteiger partial charge on any atom is 0.288 e. The molecular weight excluding hydrogens is 320 g/mol. The van der Waals surface area contributed by atoms with Crippen molar-refractivity contribution in [1.82, 2.24) is 19.7 Å². The quantitative estimate of drug-likeness (QED) is 0.579. The van der Waals surface area contributed by atoms with Crippen molar-refractivity contribution in [3.05, 3.63) is 57.6 Å². The minimum atomic E-state index is -0.594. The number of hydrogen-bond acceptors (Lipinski definition) is 7. The number of aryl methyl sites for hydroxylation is 1. The Bertz CT molecular complexity index is 874. The molecule has 0 spiro atoms. The number of carbonyl (C=O) groups is 1. The van der Waals surface area contributed by atoms with Gasteiger partial charge in [-0.05, 0) is 6.92 Å². The molecule has 116 valence electrons. The number of amides is 1. The zero-order valence-corrected chi connectivity index (χ0v) is 12.6. The molecule has 0 aliphatic rings. The van der Waals surface area contributed by atoms with Crippen LogP contribution in [0.4, 0.5) is 11.4 Å². The summed E-state index contributed by atoms with van der Waals surface area (Å²) in [5.41, 5.74) is 0.761. The molecule has 3 rings (SSSR count). The number of nitrogens with zero attached hydrogens (tertiary/aromatic N) is 5. The first-order chi connectivity index (χ1) is 11.0. The van der Waals surface area contributed by atoms with Crippen molar-refractivity contribution in [1.29, 1.82) is 0 Å². The molecule has 0 aliphatic carbocycles. The number of pyridine rings is 1. The van der Waals surface area contributed by atoms with E-state index in [-0.39, 0.29) is 11.3 Å². The molecule has 0 unspecified atom stereocenters. The first-order valence-corrected chi connectivity index (χ1v) is 7.29. The molecule has 0 aliphatic heterocycles. The zero-order chi connectivity index (χ0) is 16.4. The standard InChI is InChI=1S/C13H10N6O3S/c1-8-11(4-10(6-15-8)19(21)22)12(20)17-9-5-16-18(7-9)13-14-2-3-23-13/h2-7H,1H3,(H,17,20). The third-order valence-corrected chi connectivity index (χ3v) is 3.74. The van der Waals surface area contributed by atoms with Crippen molar-refractivity contribution in [2.75, 3.05) is 5.32 Å². The van der Waals surface area contributed by atoms with Crippen LogP contribution in [0.5, 0.6) is 0 Å². The van der Waals surface area contributed by atoms with Crippen LogP contribution in [0.1, 0.15) is 16.1 Å². The van der Waals surface area contributed by atoms with Gasteiger partial charge in [0.05, 0.1) is 34.3 Å². The molecule has 3 aromatic heterocycles. The van der Waals surface area contributed by atoms with Gasteiger partial charge in [0.25, 0.3) is 11.6 Å². The minimum absolute atomic E-state index is 0.140. The molecule has 0 fully saturated rings. The minimum Gasteiger partial charge on any atom is -0.319 e. The van der Waals surface area contributed by atoms with Crippen molar-refractivity contribution in [2.24, 2.45) is 0 Å². The largest absolute Gasteiger partial charge is 0.319 e. The summed E-state index contributed by atoms with van der Waals surface area (Å²) in [4.78, 5) is 30.5. The topological polar surface area (TPSA) is 116 Å². The van der Waals surface area contributed by atoms with Gasteiger partial charge >= 0.3 is 0 Å². The highest BCUT2D eigenvalue weighted by Gasteiger charge is 2.16. The van der Waals surface area contributed by atoms with Crippen LogP contribution in [-0.2, 0) is 0 Å². The third kappa shape index (κ3) is 3.06. The Morgan fingerprint density at radius 1 is 1.39 bits per heavy atom. The van der Waals surface area contributed by atoms with Crippen LogP contribution in [0.15, 0.2) is 36.2 Å². The molecular formula is C13H10N6O3S. The van der Waals surface area contributed by atoms with Crippen LogP contribution in [-0.4, -0.2) is 30.6 Å². The van der Waals surface area contributed by atoms with Gasteiger partial charge in [0.15, 0.2) is 0 Å². The molecule has 1 amide bonds. The normalized spacial score (nSPS) is 10.5. The molecule has 0 saturated heterocycles. The van der Waals surface area contributed by atoms with Crippen LogP contribution in [0.3, 0.4) is 0 Å². The summed E-state index contributed by atoms with van der Waals surface area (Å²) in [5, 5.41) is 20.0. The Kier molecular flexibility index (Phi) is 3.81. The van der Waals surface area contributed by atoms with E-state index >= 15 is 0 Å². The summed E-state index contributed by atoms with van der Waals surface area (Å²) < 4.78 is 1.53. The Balaban J connectivity index is 1.82. The van der Waals surface area contributed by atoms with E-state index in [0.717, 1.165) is 6.20 Å². The second-order valence-corrected chi connectivity index (χ2v) is 5.40. The second-order valence-electron chi connectivity index (χ2n) is 4.53. The van der Waals surface area contributed by atoms with E-state index in [1.165, 1.54) is 28.3 Å². The second kappa shape index (κ2) is 5.93. The number of nitrogens with one attached hydrogen (secondary N) is 1. The van der Waals surface area contributed by atoms with E-state index in [2.05, 4.69) is 20.4 Å². The maximum absolute atomic E-state index is 12.3. The first-order valence-electron chi connectivity index (χ1n) is 6.41. The van der Waals surface area contributed by atoms with Crippen LogP contribution >= 0.6 is 11.3 Å².